The second kappa shape index (κ2) is 12.1. The molecule has 0 aromatic heterocycles. The minimum absolute atomic E-state index is 0.0163. The van der Waals surface area contributed by atoms with Crippen LogP contribution >= 0.6 is 23.2 Å². The van der Waals surface area contributed by atoms with Crippen LogP contribution in [0.2, 0.25) is 10.0 Å². The van der Waals surface area contributed by atoms with E-state index < -0.39 is 49.6 Å². The van der Waals surface area contributed by atoms with Crippen molar-refractivity contribution in [1.82, 2.24) is 4.90 Å². The summed E-state index contributed by atoms with van der Waals surface area (Å²) in [5.74, 6) is -0.169. The number of sulfone groups is 1. The second-order valence-corrected chi connectivity index (χ2v) is 16.6. The lowest BCUT2D eigenvalue weighted by molar-refractivity contribution is -0.348. The molecule has 2 bridgehead atoms. The van der Waals surface area contributed by atoms with Gasteiger partial charge >= 0.3 is 18.0 Å². The molecule has 4 aliphatic carbocycles. The van der Waals surface area contributed by atoms with E-state index in [4.69, 9.17) is 28.3 Å². The number of carbonyl (C=O) groups excluding carboxylic acids is 1. The lowest BCUT2D eigenvalue weighted by atomic mass is 9.54. The first-order valence-electron chi connectivity index (χ1n) is 15.4. The van der Waals surface area contributed by atoms with Crippen molar-refractivity contribution in [2.45, 2.75) is 98.4 Å². The quantitative estimate of drug-likeness (QED) is 0.250. The standard InChI is InChI=1S/C31H30Cl2F7NO3S.C2H4O/c1-26-8-11-27(12-9-26,13-10-26)25(42)41-15-14-28(45(43,44)20-4-6-22(32)23(33)17-20)21-5-3-19(16-18(21)2-7-24(28)41)29(34,30(35,36)37)31(38,39)40;1-2-3/h3-6,16-17,24H,2,7-15H2,1H3;2-3H,1H2. The average molecular weight is 745 g/mol. The van der Waals surface area contributed by atoms with E-state index in [2.05, 4.69) is 13.5 Å². The highest BCUT2D eigenvalue weighted by molar-refractivity contribution is 7.92. The molecule has 0 radical (unpaired) electrons. The number of halogens is 9. The van der Waals surface area contributed by atoms with Gasteiger partial charge in [0.1, 0.15) is 4.75 Å². The molecular formula is C33H34Cl2F7NO4S. The Labute approximate surface area is 284 Å². The summed E-state index contributed by atoms with van der Waals surface area (Å²) in [6, 6.07) is 4.37. The van der Waals surface area contributed by atoms with E-state index in [0.29, 0.717) is 31.4 Å². The Morgan fingerprint density at radius 3 is 2.00 bits per heavy atom. The number of nitrogens with zero attached hydrogens (tertiary/aromatic N) is 1. The lowest BCUT2D eigenvalue weighted by Crippen LogP contribution is -2.57. The summed E-state index contributed by atoms with van der Waals surface area (Å²) in [5, 5.41) is 7.33. The number of aliphatic hydroxyl groups is 1. The molecule has 2 atom stereocenters. The Hall–Kier alpha value is -2.51. The predicted octanol–water partition coefficient (Wildman–Crippen LogP) is 9.55. The summed E-state index contributed by atoms with van der Waals surface area (Å²) in [5.41, 5.74) is -8.05. The van der Waals surface area contributed by atoms with Crippen molar-refractivity contribution in [2.75, 3.05) is 6.54 Å². The molecule has 1 amide bonds. The van der Waals surface area contributed by atoms with Gasteiger partial charge in [0, 0.05) is 17.5 Å². The van der Waals surface area contributed by atoms with E-state index in [1.807, 2.05) is 0 Å². The average Bonchev–Trinajstić information content (AvgIpc) is 3.43. The number of likely N-dealkylation sites (tertiary alicyclic amines) is 1. The molecule has 1 saturated heterocycles. The van der Waals surface area contributed by atoms with E-state index in [1.165, 1.54) is 12.1 Å². The number of fused-ring (bicyclic) bond motifs is 6. The van der Waals surface area contributed by atoms with Gasteiger partial charge < -0.3 is 10.0 Å². The number of amides is 1. The Morgan fingerprint density at radius 2 is 1.48 bits per heavy atom. The third kappa shape index (κ3) is 5.41. The molecule has 264 valence electrons. The fourth-order valence-electron chi connectivity index (χ4n) is 8.33. The van der Waals surface area contributed by atoms with Gasteiger partial charge in [-0.25, -0.2) is 12.8 Å². The molecule has 48 heavy (non-hydrogen) atoms. The van der Waals surface area contributed by atoms with Crippen LogP contribution in [0.3, 0.4) is 0 Å². The molecule has 5 aliphatic rings. The van der Waals surface area contributed by atoms with Crippen molar-refractivity contribution in [1.29, 1.82) is 0 Å². The SMILES string of the molecule is C=CO.CC12CCC(C(=O)N3CCC4(S(=O)(=O)c5ccc(Cl)c(Cl)c5)c5ccc(C(F)(C(F)(F)F)C(F)(F)F)cc5CCC34)(CC1)CC2. The first kappa shape index (κ1) is 36.8. The van der Waals surface area contributed by atoms with Crippen molar-refractivity contribution >= 4 is 38.9 Å². The van der Waals surface area contributed by atoms with Gasteiger partial charge in [0.05, 0.1) is 27.2 Å². The van der Waals surface area contributed by atoms with Crippen LogP contribution in [-0.4, -0.2) is 49.3 Å². The molecule has 2 unspecified atom stereocenters. The molecule has 1 N–H and O–H groups in total. The number of carbonyl (C=O) groups is 1. The summed E-state index contributed by atoms with van der Waals surface area (Å²) in [4.78, 5) is 15.7. The largest absolute Gasteiger partial charge is 0.516 e. The minimum Gasteiger partial charge on any atom is -0.516 e. The maximum atomic E-state index is 15.1. The fourth-order valence-corrected chi connectivity index (χ4v) is 11.1. The first-order valence-corrected chi connectivity index (χ1v) is 17.6. The summed E-state index contributed by atoms with van der Waals surface area (Å²) in [7, 11) is -4.52. The maximum absolute atomic E-state index is 15.1. The van der Waals surface area contributed by atoms with Crippen LogP contribution in [0.4, 0.5) is 30.7 Å². The Bertz CT molecular complexity index is 1690. The molecule has 7 rings (SSSR count). The third-order valence-corrected chi connectivity index (χ3v) is 14.4. The number of hydrogen-bond acceptors (Lipinski definition) is 4. The molecule has 1 heterocycles. The van der Waals surface area contributed by atoms with Gasteiger partial charge in [-0.3, -0.25) is 4.79 Å². The topological polar surface area (TPSA) is 74.7 Å². The van der Waals surface area contributed by atoms with Crippen LogP contribution < -0.4 is 0 Å². The highest BCUT2D eigenvalue weighted by Gasteiger charge is 2.74. The predicted molar refractivity (Wildman–Crippen MR) is 166 cm³/mol. The zero-order valence-electron chi connectivity index (χ0n) is 25.8. The van der Waals surface area contributed by atoms with Crippen LogP contribution in [-0.2, 0) is 31.5 Å². The van der Waals surface area contributed by atoms with E-state index >= 15 is 4.39 Å². The summed E-state index contributed by atoms with van der Waals surface area (Å²) < 4.78 is 124. The van der Waals surface area contributed by atoms with E-state index in [9.17, 15) is 39.6 Å². The maximum Gasteiger partial charge on any atom is 0.435 e. The summed E-state index contributed by atoms with van der Waals surface area (Å²) in [6.07, 6.45) is -7.73. The zero-order chi connectivity index (χ0) is 35.7. The van der Waals surface area contributed by atoms with Gasteiger partial charge in [0.2, 0.25) is 5.91 Å². The van der Waals surface area contributed by atoms with E-state index in [-0.39, 0.29) is 63.2 Å². The van der Waals surface area contributed by atoms with Crippen LogP contribution in [0.1, 0.15) is 75.0 Å². The zero-order valence-corrected chi connectivity index (χ0v) is 28.2. The number of hydrogen-bond donors (Lipinski definition) is 1. The monoisotopic (exact) mass is 743 g/mol. The van der Waals surface area contributed by atoms with Crippen molar-refractivity contribution < 1.29 is 49.1 Å². The smallest absolute Gasteiger partial charge is 0.435 e. The van der Waals surface area contributed by atoms with Crippen LogP contribution in [0, 0.1) is 10.8 Å². The molecule has 5 nitrogen and oxygen atoms in total. The van der Waals surface area contributed by atoms with Gasteiger partial charge in [-0.05, 0) is 92.5 Å². The molecule has 0 spiro atoms. The van der Waals surface area contributed by atoms with Crippen LogP contribution in [0.25, 0.3) is 0 Å². The highest BCUT2D eigenvalue weighted by Crippen LogP contribution is 2.60. The molecule has 15 heteroatoms. The molecule has 3 saturated carbocycles. The highest BCUT2D eigenvalue weighted by atomic mass is 35.5. The van der Waals surface area contributed by atoms with Gasteiger partial charge in [0.25, 0.3) is 0 Å². The molecular weight excluding hydrogens is 710 g/mol. The minimum atomic E-state index is -6.33. The van der Waals surface area contributed by atoms with E-state index in [0.717, 1.165) is 37.7 Å². The van der Waals surface area contributed by atoms with Gasteiger partial charge in [-0.15, -0.1) is 0 Å². The van der Waals surface area contributed by atoms with Crippen molar-refractivity contribution in [3.63, 3.8) is 0 Å². The Balaban J connectivity index is 0.00000145. The van der Waals surface area contributed by atoms with Crippen LogP contribution in [0.5, 0.6) is 0 Å². The van der Waals surface area contributed by atoms with Gasteiger partial charge in [0.15, 0.2) is 9.84 Å². The number of aliphatic hydroxyl groups excluding tert-OH is 1. The van der Waals surface area contributed by atoms with Gasteiger partial charge in [-0.1, -0.05) is 54.9 Å². The van der Waals surface area contributed by atoms with Crippen LogP contribution in [0.15, 0.2) is 54.1 Å². The summed E-state index contributed by atoms with van der Waals surface area (Å²) >= 11 is 12.2. The number of aryl methyl sites for hydroxylation is 1. The number of benzene rings is 2. The van der Waals surface area contributed by atoms with E-state index in [1.54, 1.807) is 4.90 Å². The van der Waals surface area contributed by atoms with Gasteiger partial charge in [-0.2, -0.15) is 26.3 Å². The summed E-state index contributed by atoms with van der Waals surface area (Å²) in [6.45, 7) is 5.13. The Morgan fingerprint density at radius 1 is 0.917 bits per heavy atom. The third-order valence-electron chi connectivity index (χ3n) is 11.1. The molecule has 1 aliphatic heterocycles. The Kier molecular flexibility index (Phi) is 9.25. The van der Waals surface area contributed by atoms with Crippen molar-refractivity contribution in [2.24, 2.45) is 10.8 Å². The number of alkyl halides is 7. The molecule has 2 aromatic rings. The molecule has 2 aromatic carbocycles. The molecule has 4 fully saturated rings. The number of rotatable bonds is 4. The lowest BCUT2D eigenvalue weighted by Gasteiger charge is -2.53. The fraction of sp³-hybridized carbons (Fsp3) is 0.545. The van der Waals surface area contributed by atoms with Crippen molar-refractivity contribution in [3.8, 4) is 0 Å². The normalized spacial score (nSPS) is 28.6. The van der Waals surface area contributed by atoms with Crippen molar-refractivity contribution in [3.05, 3.63) is 76.0 Å². The first-order chi connectivity index (χ1) is 22.1. The second-order valence-electron chi connectivity index (χ2n) is 13.6.